The second-order valence-corrected chi connectivity index (χ2v) is 4.33. The van der Waals surface area contributed by atoms with Crippen molar-refractivity contribution in [2.24, 2.45) is 7.05 Å². The monoisotopic (exact) mass is 275 g/mol. The van der Waals surface area contributed by atoms with Gasteiger partial charge >= 0.3 is 5.97 Å². The third-order valence-electron chi connectivity index (χ3n) is 2.94. The fraction of sp³-hybridized carbons (Fsp3) is 0.308. The van der Waals surface area contributed by atoms with Gasteiger partial charge in [-0.1, -0.05) is 0 Å². The Morgan fingerprint density at radius 1 is 1.50 bits per heavy atom. The predicted octanol–water partition coefficient (Wildman–Crippen LogP) is 0.838. The Bertz CT molecular complexity index is 609. The number of aryl methyl sites for hydroxylation is 1. The molecule has 0 bridgehead atoms. The van der Waals surface area contributed by atoms with Gasteiger partial charge in [0, 0.05) is 20.0 Å². The van der Waals surface area contributed by atoms with Crippen LogP contribution < -0.4 is 11.1 Å². The maximum Gasteiger partial charge on any atom is 0.337 e. The molecule has 7 nitrogen and oxygen atoms in total. The number of rotatable bonds is 5. The smallest absolute Gasteiger partial charge is 0.337 e. The van der Waals surface area contributed by atoms with E-state index in [0.29, 0.717) is 29.9 Å². The first-order chi connectivity index (χ1) is 9.61. The lowest BCUT2D eigenvalue weighted by Gasteiger charge is -2.10. The van der Waals surface area contributed by atoms with Crippen molar-refractivity contribution in [3.05, 3.63) is 35.9 Å². The minimum Gasteiger partial charge on any atom is -0.465 e. The molecule has 0 saturated carbocycles. The number of anilines is 2. The number of carbonyl (C=O) groups is 1. The van der Waals surface area contributed by atoms with Crippen LogP contribution in [0.1, 0.15) is 16.2 Å². The minimum absolute atomic E-state index is 0.388. The van der Waals surface area contributed by atoms with Crippen LogP contribution in [0.5, 0.6) is 0 Å². The van der Waals surface area contributed by atoms with E-state index in [-0.39, 0.29) is 5.97 Å². The zero-order valence-electron chi connectivity index (χ0n) is 11.5. The van der Waals surface area contributed by atoms with Gasteiger partial charge in [-0.15, -0.1) is 10.2 Å². The van der Waals surface area contributed by atoms with Crippen molar-refractivity contribution >= 4 is 17.3 Å². The maximum atomic E-state index is 11.5. The molecule has 0 atom stereocenters. The van der Waals surface area contributed by atoms with E-state index in [2.05, 4.69) is 20.3 Å². The Morgan fingerprint density at radius 2 is 2.30 bits per heavy atom. The number of carbonyl (C=O) groups excluding carboxylic acids is 1. The maximum absolute atomic E-state index is 11.5. The van der Waals surface area contributed by atoms with Gasteiger partial charge in [0.25, 0.3) is 0 Å². The highest BCUT2D eigenvalue weighted by Crippen LogP contribution is 2.20. The van der Waals surface area contributed by atoms with Gasteiger partial charge in [0.1, 0.15) is 12.2 Å². The first-order valence-corrected chi connectivity index (χ1v) is 6.16. The number of benzene rings is 1. The molecule has 7 heteroatoms. The Balaban J connectivity index is 2.02. The molecular formula is C13H17N5O2. The summed E-state index contributed by atoms with van der Waals surface area (Å²) in [5.41, 5.74) is 7.62. The molecule has 0 amide bonds. The van der Waals surface area contributed by atoms with Crippen LogP contribution in [0.4, 0.5) is 11.4 Å². The summed E-state index contributed by atoms with van der Waals surface area (Å²) >= 11 is 0. The summed E-state index contributed by atoms with van der Waals surface area (Å²) in [7, 11) is 3.24. The fourth-order valence-electron chi connectivity index (χ4n) is 1.80. The number of hydrogen-bond donors (Lipinski definition) is 2. The van der Waals surface area contributed by atoms with Crippen LogP contribution >= 0.6 is 0 Å². The first-order valence-electron chi connectivity index (χ1n) is 6.16. The molecule has 106 valence electrons. The van der Waals surface area contributed by atoms with Gasteiger partial charge in [0.05, 0.1) is 24.0 Å². The van der Waals surface area contributed by atoms with Gasteiger partial charge in [-0.3, -0.25) is 0 Å². The summed E-state index contributed by atoms with van der Waals surface area (Å²) < 4.78 is 6.54. The van der Waals surface area contributed by atoms with Gasteiger partial charge < -0.3 is 20.4 Å². The summed E-state index contributed by atoms with van der Waals surface area (Å²) in [5.74, 6) is 0.488. The third-order valence-corrected chi connectivity index (χ3v) is 2.94. The first kappa shape index (κ1) is 13.9. The average molecular weight is 275 g/mol. The molecule has 2 aromatic rings. The topological polar surface area (TPSA) is 95.1 Å². The van der Waals surface area contributed by atoms with E-state index < -0.39 is 0 Å². The van der Waals surface area contributed by atoms with E-state index in [4.69, 9.17) is 5.73 Å². The van der Waals surface area contributed by atoms with Crippen molar-refractivity contribution < 1.29 is 9.53 Å². The van der Waals surface area contributed by atoms with E-state index >= 15 is 0 Å². The number of hydrogen-bond acceptors (Lipinski definition) is 6. The molecule has 0 unspecified atom stereocenters. The molecular weight excluding hydrogens is 258 g/mol. The number of esters is 1. The normalized spacial score (nSPS) is 10.3. The van der Waals surface area contributed by atoms with Gasteiger partial charge in [0.2, 0.25) is 0 Å². The summed E-state index contributed by atoms with van der Waals surface area (Å²) in [6.45, 7) is 0.640. The van der Waals surface area contributed by atoms with E-state index in [1.807, 2.05) is 11.6 Å². The standard InChI is InChI=1S/C13H17N5O2/c1-18-8-16-17-12(18)5-6-15-11-7-9(13(19)20-2)3-4-10(11)14/h3-4,7-8,15H,5-6,14H2,1-2H3. The van der Waals surface area contributed by atoms with Crippen molar-refractivity contribution in [3.8, 4) is 0 Å². The highest BCUT2D eigenvalue weighted by atomic mass is 16.5. The molecule has 1 aromatic carbocycles. The van der Waals surface area contributed by atoms with Crippen LogP contribution in [0.3, 0.4) is 0 Å². The number of nitrogens with zero attached hydrogens (tertiary/aromatic N) is 3. The number of nitrogens with two attached hydrogens (primary N) is 1. The minimum atomic E-state index is -0.388. The number of ether oxygens (including phenoxy) is 1. The molecule has 0 aliphatic heterocycles. The van der Waals surface area contributed by atoms with Crippen molar-refractivity contribution in [2.45, 2.75) is 6.42 Å². The number of nitrogens with one attached hydrogen (secondary N) is 1. The number of nitrogen functional groups attached to an aromatic ring is 1. The zero-order valence-corrected chi connectivity index (χ0v) is 11.5. The molecule has 1 aromatic heterocycles. The molecule has 2 rings (SSSR count). The van der Waals surface area contributed by atoms with Gasteiger partial charge in [-0.25, -0.2) is 4.79 Å². The molecule has 0 aliphatic rings. The van der Waals surface area contributed by atoms with E-state index in [1.54, 1.807) is 24.5 Å². The van der Waals surface area contributed by atoms with Gasteiger partial charge in [0.15, 0.2) is 0 Å². The molecule has 0 aliphatic carbocycles. The van der Waals surface area contributed by atoms with E-state index in [0.717, 1.165) is 5.82 Å². The van der Waals surface area contributed by atoms with Crippen LogP contribution in [-0.4, -0.2) is 34.4 Å². The lowest BCUT2D eigenvalue weighted by atomic mass is 10.1. The summed E-state index contributed by atoms with van der Waals surface area (Å²) in [5, 5.41) is 11.0. The van der Waals surface area contributed by atoms with Crippen molar-refractivity contribution in [1.29, 1.82) is 0 Å². The largest absolute Gasteiger partial charge is 0.465 e. The molecule has 3 N–H and O–H groups in total. The third kappa shape index (κ3) is 3.05. The van der Waals surface area contributed by atoms with Gasteiger partial charge in [-0.2, -0.15) is 0 Å². The summed E-state index contributed by atoms with van der Waals surface area (Å²) in [4.78, 5) is 11.5. The highest BCUT2D eigenvalue weighted by molar-refractivity contribution is 5.91. The quantitative estimate of drug-likeness (QED) is 0.620. The molecule has 0 spiro atoms. The van der Waals surface area contributed by atoms with Gasteiger partial charge in [-0.05, 0) is 18.2 Å². The zero-order chi connectivity index (χ0) is 14.5. The summed E-state index contributed by atoms with van der Waals surface area (Å²) in [6.07, 6.45) is 2.36. The highest BCUT2D eigenvalue weighted by Gasteiger charge is 2.08. The lowest BCUT2D eigenvalue weighted by molar-refractivity contribution is 0.0601. The van der Waals surface area contributed by atoms with Crippen LogP contribution in [0, 0.1) is 0 Å². The molecule has 1 heterocycles. The Hall–Kier alpha value is -2.57. The summed E-state index contributed by atoms with van der Waals surface area (Å²) in [6, 6.07) is 4.99. The Kier molecular flexibility index (Phi) is 4.19. The Labute approximate surface area is 116 Å². The molecule has 20 heavy (non-hydrogen) atoms. The van der Waals surface area contributed by atoms with E-state index in [1.165, 1.54) is 7.11 Å². The molecule has 0 saturated heterocycles. The van der Waals surface area contributed by atoms with Crippen molar-refractivity contribution in [2.75, 3.05) is 24.7 Å². The van der Waals surface area contributed by atoms with Crippen molar-refractivity contribution in [3.63, 3.8) is 0 Å². The lowest BCUT2D eigenvalue weighted by Crippen LogP contribution is -2.11. The average Bonchev–Trinajstić information content (AvgIpc) is 2.85. The van der Waals surface area contributed by atoms with Crippen LogP contribution in [-0.2, 0) is 18.2 Å². The second kappa shape index (κ2) is 6.05. The molecule has 0 radical (unpaired) electrons. The van der Waals surface area contributed by atoms with E-state index in [9.17, 15) is 4.79 Å². The fourth-order valence-corrected chi connectivity index (χ4v) is 1.80. The second-order valence-electron chi connectivity index (χ2n) is 4.33. The van der Waals surface area contributed by atoms with Crippen LogP contribution in [0.2, 0.25) is 0 Å². The number of methoxy groups -OCH3 is 1. The van der Waals surface area contributed by atoms with Crippen LogP contribution in [0.25, 0.3) is 0 Å². The predicted molar refractivity (Wildman–Crippen MR) is 75.4 cm³/mol. The molecule has 0 fully saturated rings. The SMILES string of the molecule is COC(=O)c1ccc(N)c(NCCc2nncn2C)c1. The van der Waals surface area contributed by atoms with Crippen LogP contribution in [0.15, 0.2) is 24.5 Å². The Morgan fingerprint density at radius 3 is 2.95 bits per heavy atom. The number of aromatic nitrogens is 3. The van der Waals surface area contributed by atoms with Crippen molar-refractivity contribution in [1.82, 2.24) is 14.8 Å².